The van der Waals surface area contributed by atoms with E-state index in [2.05, 4.69) is 10.6 Å². The zero-order chi connectivity index (χ0) is 20.5. The molecule has 1 aromatic heterocycles. The summed E-state index contributed by atoms with van der Waals surface area (Å²) in [5.74, 6) is -0.705. The molecule has 0 spiro atoms. The van der Waals surface area contributed by atoms with Crippen molar-refractivity contribution >= 4 is 34.9 Å². The maximum Gasteiger partial charge on any atom is 0.320 e. The third-order valence-corrected chi connectivity index (χ3v) is 5.80. The van der Waals surface area contributed by atoms with E-state index in [1.165, 1.54) is 13.1 Å². The normalized spacial score (nSPS) is 13.9. The summed E-state index contributed by atoms with van der Waals surface area (Å²) >= 11 is 1.57. The van der Waals surface area contributed by atoms with Crippen molar-refractivity contribution in [3.05, 3.63) is 87.1 Å². The first-order valence-electron chi connectivity index (χ1n) is 9.08. The molecule has 0 radical (unpaired) electrons. The standard InChI is InChI=1S/C22H19N3O3S/c1-13-5-7-14(8-6-13)19(18-4-3-11-29-18)24-22(28)23-15-9-10-16-17(12-15)21(27)25(2)20(16)26/h3-12,19H,1-2H3,(H2,23,24,28)/t19-/m1/s1. The molecule has 7 heteroatoms. The van der Waals surface area contributed by atoms with Gasteiger partial charge in [0.15, 0.2) is 0 Å². The van der Waals surface area contributed by atoms with Crippen LogP contribution in [0.4, 0.5) is 10.5 Å². The number of thiophene rings is 1. The number of carbonyl (C=O) groups is 3. The lowest BCUT2D eigenvalue weighted by Crippen LogP contribution is -2.32. The first kappa shape index (κ1) is 18.9. The van der Waals surface area contributed by atoms with Gasteiger partial charge in [0.2, 0.25) is 0 Å². The minimum atomic E-state index is -0.394. The highest BCUT2D eigenvalue weighted by molar-refractivity contribution is 7.10. The lowest BCUT2D eigenvalue weighted by atomic mass is 10.0. The summed E-state index contributed by atoms with van der Waals surface area (Å²) in [6.07, 6.45) is 0. The molecule has 0 unspecified atom stereocenters. The summed E-state index contributed by atoms with van der Waals surface area (Å²) in [6, 6.07) is 16.0. The van der Waals surface area contributed by atoms with Gasteiger partial charge in [0, 0.05) is 17.6 Å². The van der Waals surface area contributed by atoms with E-state index in [1.807, 2.05) is 48.7 Å². The number of aryl methyl sites for hydroxylation is 1. The lowest BCUT2D eigenvalue weighted by Gasteiger charge is -2.19. The van der Waals surface area contributed by atoms with E-state index in [4.69, 9.17) is 0 Å². The Morgan fingerprint density at radius 2 is 1.72 bits per heavy atom. The van der Waals surface area contributed by atoms with Crippen molar-refractivity contribution in [1.29, 1.82) is 0 Å². The Morgan fingerprint density at radius 3 is 2.41 bits per heavy atom. The first-order valence-corrected chi connectivity index (χ1v) is 9.96. The number of rotatable bonds is 4. The number of imide groups is 1. The summed E-state index contributed by atoms with van der Waals surface area (Å²) in [5, 5.41) is 7.73. The van der Waals surface area contributed by atoms with Gasteiger partial charge in [-0.15, -0.1) is 11.3 Å². The van der Waals surface area contributed by atoms with Crippen LogP contribution in [-0.2, 0) is 0 Å². The van der Waals surface area contributed by atoms with E-state index in [-0.39, 0.29) is 17.9 Å². The summed E-state index contributed by atoms with van der Waals surface area (Å²) in [7, 11) is 1.44. The quantitative estimate of drug-likeness (QED) is 0.639. The van der Waals surface area contributed by atoms with E-state index < -0.39 is 6.03 Å². The fourth-order valence-corrected chi connectivity index (χ4v) is 4.07. The molecule has 0 saturated heterocycles. The smallest absolute Gasteiger partial charge is 0.320 e. The van der Waals surface area contributed by atoms with Gasteiger partial charge in [-0.25, -0.2) is 4.79 Å². The minimum Gasteiger partial charge on any atom is -0.326 e. The van der Waals surface area contributed by atoms with Crippen LogP contribution >= 0.6 is 11.3 Å². The number of nitrogens with one attached hydrogen (secondary N) is 2. The maximum absolute atomic E-state index is 12.7. The molecule has 2 aromatic carbocycles. The highest BCUT2D eigenvalue weighted by atomic mass is 32.1. The number of anilines is 1. The molecule has 4 amide bonds. The van der Waals surface area contributed by atoms with Gasteiger partial charge in [-0.3, -0.25) is 14.5 Å². The van der Waals surface area contributed by atoms with Crippen molar-refractivity contribution in [1.82, 2.24) is 10.2 Å². The molecule has 0 fully saturated rings. The number of fused-ring (bicyclic) bond motifs is 1. The Labute approximate surface area is 172 Å². The van der Waals surface area contributed by atoms with Gasteiger partial charge < -0.3 is 10.6 Å². The Kier molecular flexibility index (Phi) is 4.90. The number of hydrogen-bond donors (Lipinski definition) is 2. The van der Waals surface area contributed by atoms with Crippen molar-refractivity contribution in [2.45, 2.75) is 13.0 Å². The van der Waals surface area contributed by atoms with Crippen molar-refractivity contribution in [3.8, 4) is 0 Å². The topological polar surface area (TPSA) is 78.5 Å². The summed E-state index contributed by atoms with van der Waals surface area (Å²) < 4.78 is 0. The highest BCUT2D eigenvalue weighted by Crippen LogP contribution is 2.27. The van der Waals surface area contributed by atoms with Gasteiger partial charge in [0.05, 0.1) is 17.2 Å². The predicted molar refractivity (Wildman–Crippen MR) is 112 cm³/mol. The number of hydrogen-bond acceptors (Lipinski definition) is 4. The van der Waals surface area contributed by atoms with Crippen LogP contribution in [0.5, 0.6) is 0 Å². The summed E-state index contributed by atoms with van der Waals surface area (Å²) in [4.78, 5) is 38.9. The Bertz CT molecular complexity index is 1090. The number of benzene rings is 2. The second-order valence-electron chi connectivity index (χ2n) is 6.89. The molecule has 1 atom stereocenters. The van der Waals surface area contributed by atoms with Crippen LogP contribution in [0, 0.1) is 6.92 Å². The lowest BCUT2D eigenvalue weighted by molar-refractivity contribution is 0.0693. The second kappa shape index (κ2) is 7.52. The Morgan fingerprint density at radius 1 is 1.00 bits per heavy atom. The van der Waals surface area contributed by atoms with E-state index in [0.717, 1.165) is 20.9 Å². The van der Waals surface area contributed by atoms with E-state index in [9.17, 15) is 14.4 Å². The largest absolute Gasteiger partial charge is 0.326 e. The molecule has 2 N–H and O–H groups in total. The zero-order valence-electron chi connectivity index (χ0n) is 15.9. The Balaban J connectivity index is 1.54. The molecular weight excluding hydrogens is 386 g/mol. The SMILES string of the molecule is Cc1ccc([C@@H](NC(=O)Nc2ccc3c(c2)C(=O)N(C)C3=O)c2cccs2)cc1. The molecule has 4 rings (SSSR count). The molecule has 0 saturated carbocycles. The van der Waals surface area contributed by atoms with E-state index >= 15 is 0 Å². The number of amides is 4. The van der Waals surface area contributed by atoms with Crippen molar-refractivity contribution < 1.29 is 14.4 Å². The van der Waals surface area contributed by atoms with Crippen LogP contribution in [-0.4, -0.2) is 29.8 Å². The molecule has 146 valence electrons. The molecular formula is C22H19N3O3S. The van der Waals surface area contributed by atoms with Crippen LogP contribution in [0.25, 0.3) is 0 Å². The van der Waals surface area contributed by atoms with Gasteiger partial charge in [-0.05, 0) is 42.1 Å². The van der Waals surface area contributed by atoms with Crippen molar-refractivity contribution in [3.63, 3.8) is 0 Å². The average Bonchev–Trinajstić information content (AvgIpc) is 3.31. The van der Waals surface area contributed by atoms with Crippen LogP contribution < -0.4 is 10.6 Å². The van der Waals surface area contributed by atoms with Crippen LogP contribution in [0.2, 0.25) is 0 Å². The van der Waals surface area contributed by atoms with Crippen molar-refractivity contribution in [2.24, 2.45) is 0 Å². The Hall–Kier alpha value is -3.45. The third kappa shape index (κ3) is 3.64. The molecule has 29 heavy (non-hydrogen) atoms. The van der Waals surface area contributed by atoms with E-state index in [0.29, 0.717) is 16.8 Å². The fourth-order valence-electron chi connectivity index (χ4n) is 3.27. The number of nitrogens with zero attached hydrogens (tertiary/aromatic N) is 1. The fraction of sp³-hybridized carbons (Fsp3) is 0.136. The molecule has 6 nitrogen and oxygen atoms in total. The second-order valence-corrected chi connectivity index (χ2v) is 7.87. The maximum atomic E-state index is 12.7. The summed E-state index contributed by atoms with van der Waals surface area (Å²) in [5.41, 5.74) is 3.21. The third-order valence-electron chi connectivity index (χ3n) is 4.86. The van der Waals surface area contributed by atoms with Gasteiger partial charge in [-0.2, -0.15) is 0 Å². The first-order chi connectivity index (χ1) is 13.9. The monoisotopic (exact) mass is 405 g/mol. The molecule has 0 bridgehead atoms. The van der Waals surface area contributed by atoms with Gasteiger partial charge in [0.25, 0.3) is 11.8 Å². The predicted octanol–water partition coefficient (Wildman–Crippen LogP) is 4.19. The zero-order valence-corrected chi connectivity index (χ0v) is 16.7. The van der Waals surface area contributed by atoms with Gasteiger partial charge in [-0.1, -0.05) is 35.9 Å². The minimum absolute atomic E-state index is 0.292. The average molecular weight is 405 g/mol. The van der Waals surface area contributed by atoms with Crippen LogP contribution in [0.1, 0.15) is 42.8 Å². The molecule has 2 heterocycles. The van der Waals surface area contributed by atoms with E-state index in [1.54, 1.807) is 23.5 Å². The van der Waals surface area contributed by atoms with Crippen LogP contribution in [0.15, 0.2) is 60.0 Å². The van der Waals surface area contributed by atoms with Gasteiger partial charge in [0.1, 0.15) is 0 Å². The molecule has 0 aliphatic carbocycles. The van der Waals surface area contributed by atoms with Gasteiger partial charge >= 0.3 is 6.03 Å². The summed E-state index contributed by atoms with van der Waals surface area (Å²) in [6.45, 7) is 2.02. The highest BCUT2D eigenvalue weighted by Gasteiger charge is 2.32. The van der Waals surface area contributed by atoms with Crippen molar-refractivity contribution in [2.75, 3.05) is 12.4 Å². The molecule has 3 aromatic rings. The molecule has 1 aliphatic heterocycles. The number of carbonyl (C=O) groups excluding carboxylic acids is 3. The van der Waals surface area contributed by atoms with Crippen LogP contribution in [0.3, 0.4) is 0 Å². The number of urea groups is 1. The molecule has 1 aliphatic rings.